The fourth-order valence-electron chi connectivity index (χ4n) is 2.15. The molecule has 8 heteroatoms. The van der Waals surface area contributed by atoms with Crippen LogP contribution in [0.2, 0.25) is 5.02 Å². The summed E-state index contributed by atoms with van der Waals surface area (Å²) in [4.78, 5) is 20.0. The molecular formula is C13H10ClFN4O2. The molecule has 0 aliphatic carbocycles. The first-order valence-corrected chi connectivity index (χ1v) is 6.48. The largest absolute Gasteiger partial charge is 0.377 e. The molecule has 2 aromatic rings. The average molecular weight is 309 g/mol. The van der Waals surface area contributed by atoms with Crippen molar-refractivity contribution in [2.45, 2.75) is 6.54 Å². The second kappa shape index (κ2) is 5.27. The van der Waals surface area contributed by atoms with Crippen molar-refractivity contribution in [2.24, 2.45) is 0 Å². The maximum absolute atomic E-state index is 14.0. The number of nitrogens with zero attached hydrogens (tertiary/aromatic N) is 2. The van der Waals surface area contributed by atoms with Gasteiger partial charge in [-0.15, -0.1) is 0 Å². The van der Waals surface area contributed by atoms with Crippen LogP contribution >= 0.6 is 11.6 Å². The molecule has 21 heavy (non-hydrogen) atoms. The third-order valence-corrected chi connectivity index (χ3v) is 3.38. The van der Waals surface area contributed by atoms with E-state index in [0.29, 0.717) is 5.69 Å². The molecule has 3 N–H and O–H groups in total. The zero-order valence-corrected chi connectivity index (χ0v) is 11.4. The van der Waals surface area contributed by atoms with Gasteiger partial charge in [0.2, 0.25) is 0 Å². The standard InChI is InChI=1S/C13H10ClFN4O2/c14-6-2-1-3-7(15)9(6)12-18-8-4-16-13(21)10(8)11(19-12)17-5-20/h1-3,20H,4-5H2,(H,16,21)(H,17,18,19). The van der Waals surface area contributed by atoms with E-state index < -0.39 is 12.5 Å². The summed E-state index contributed by atoms with van der Waals surface area (Å²) in [7, 11) is 0. The third kappa shape index (κ3) is 2.30. The van der Waals surface area contributed by atoms with Gasteiger partial charge < -0.3 is 15.7 Å². The van der Waals surface area contributed by atoms with E-state index in [9.17, 15) is 9.18 Å². The summed E-state index contributed by atoms with van der Waals surface area (Å²) in [5, 5.41) is 14.3. The normalized spacial score (nSPS) is 13.0. The first kappa shape index (κ1) is 13.7. The van der Waals surface area contributed by atoms with Crippen molar-refractivity contribution in [3.05, 3.63) is 40.3 Å². The Morgan fingerprint density at radius 2 is 2.19 bits per heavy atom. The van der Waals surface area contributed by atoms with E-state index in [1.54, 1.807) is 0 Å². The molecule has 1 aliphatic heterocycles. The Balaban J connectivity index is 2.21. The molecule has 1 amide bonds. The van der Waals surface area contributed by atoms with Crippen molar-refractivity contribution in [2.75, 3.05) is 12.0 Å². The summed E-state index contributed by atoms with van der Waals surface area (Å²) in [6.45, 7) is -0.197. The summed E-state index contributed by atoms with van der Waals surface area (Å²) in [6, 6.07) is 4.26. The molecule has 6 nitrogen and oxygen atoms in total. The lowest BCUT2D eigenvalue weighted by Crippen LogP contribution is -2.15. The van der Waals surface area contributed by atoms with Crippen LogP contribution in [0.1, 0.15) is 16.1 Å². The SMILES string of the molecule is O=C1NCc2nc(-c3c(F)cccc3Cl)nc(NCO)c21. The van der Waals surface area contributed by atoms with E-state index in [2.05, 4.69) is 20.6 Å². The maximum atomic E-state index is 14.0. The highest BCUT2D eigenvalue weighted by atomic mass is 35.5. The number of rotatable bonds is 3. The Morgan fingerprint density at radius 1 is 1.38 bits per heavy atom. The monoisotopic (exact) mass is 308 g/mol. The number of nitrogens with one attached hydrogen (secondary N) is 2. The van der Waals surface area contributed by atoms with Crippen LogP contribution in [-0.4, -0.2) is 27.7 Å². The van der Waals surface area contributed by atoms with Crippen molar-refractivity contribution in [3.63, 3.8) is 0 Å². The molecule has 3 rings (SSSR count). The molecule has 0 saturated heterocycles. The topological polar surface area (TPSA) is 87.1 Å². The van der Waals surface area contributed by atoms with Gasteiger partial charge in [0.1, 0.15) is 23.9 Å². The van der Waals surface area contributed by atoms with Crippen LogP contribution in [0, 0.1) is 5.82 Å². The molecule has 0 spiro atoms. The molecule has 0 radical (unpaired) electrons. The highest BCUT2D eigenvalue weighted by Gasteiger charge is 2.27. The average Bonchev–Trinajstić information content (AvgIpc) is 2.81. The molecule has 0 saturated carbocycles. The lowest BCUT2D eigenvalue weighted by molar-refractivity contribution is 0.0966. The zero-order valence-electron chi connectivity index (χ0n) is 10.7. The van der Waals surface area contributed by atoms with E-state index in [4.69, 9.17) is 16.7 Å². The van der Waals surface area contributed by atoms with Crippen LogP contribution in [0.25, 0.3) is 11.4 Å². The predicted octanol–water partition coefficient (Wildman–Crippen LogP) is 1.54. The lowest BCUT2D eigenvalue weighted by atomic mass is 10.1. The molecule has 0 bridgehead atoms. The van der Waals surface area contributed by atoms with Crippen molar-refractivity contribution in [3.8, 4) is 11.4 Å². The lowest BCUT2D eigenvalue weighted by Gasteiger charge is -2.10. The van der Waals surface area contributed by atoms with E-state index in [1.807, 2.05) is 0 Å². The van der Waals surface area contributed by atoms with E-state index >= 15 is 0 Å². The smallest absolute Gasteiger partial charge is 0.257 e. The number of amides is 1. The van der Waals surface area contributed by atoms with Gasteiger partial charge >= 0.3 is 0 Å². The second-order valence-corrected chi connectivity index (χ2v) is 4.74. The van der Waals surface area contributed by atoms with Crippen LogP contribution < -0.4 is 10.6 Å². The van der Waals surface area contributed by atoms with E-state index in [0.717, 1.165) is 0 Å². The van der Waals surface area contributed by atoms with Crippen LogP contribution in [-0.2, 0) is 6.54 Å². The number of halogens is 2. The highest BCUT2D eigenvalue weighted by Crippen LogP contribution is 2.31. The van der Waals surface area contributed by atoms with Crippen LogP contribution in [0.5, 0.6) is 0 Å². The molecule has 1 aromatic heterocycles. The Morgan fingerprint density at radius 3 is 2.90 bits per heavy atom. The van der Waals surface area contributed by atoms with Crippen molar-refractivity contribution >= 4 is 23.3 Å². The molecule has 0 unspecified atom stereocenters. The van der Waals surface area contributed by atoms with Crippen molar-refractivity contribution < 1.29 is 14.3 Å². The van der Waals surface area contributed by atoms with Gasteiger partial charge in [0.25, 0.3) is 5.91 Å². The molecule has 1 aliphatic rings. The number of aliphatic hydroxyl groups excluding tert-OH is 1. The number of benzene rings is 1. The molecule has 0 atom stereocenters. The zero-order chi connectivity index (χ0) is 15.0. The van der Waals surface area contributed by atoms with E-state index in [1.165, 1.54) is 18.2 Å². The molecule has 108 valence electrons. The van der Waals surface area contributed by atoms with Crippen molar-refractivity contribution in [1.29, 1.82) is 0 Å². The Hall–Kier alpha value is -2.25. The van der Waals surface area contributed by atoms with Crippen LogP contribution in [0.3, 0.4) is 0 Å². The quantitative estimate of drug-likeness (QED) is 0.749. The van der Waals surface area contributed by atoms with E-state index in [-0.39, 0.29) is 40.2 Å². The van der Waals surface area contributed by atoms with Gasteiger partial charge in [-0.3, -0.25) is 4.79 Å². The van der Waals surface area contributed by atoms with Crippen LogP contribution in [0.4, 0.5) is 10.2 Å². The molecule has 0 fully saturated rings. The number of hydrogen-bond acceptors (Lipinski definition) is 5. The van der Waals surface area contributed by atoms with Gasteiger partial charge in [0.05, 0.1) is 22.8 Å². The van der Waals surface area contributed by atoms with Crippen LogP contribution in [0.15, 0.2) is 18.2 Å². The number of hydrogen-bond donors (Lipinski definition) is 3. The summed E-state index contributed by atoms with van der Waals surface area (Å²) in [5.41, 5.74) is 0.739. The number of fused-ring (bicyclic) bond motifs is 1. The Kier molecular flexibility index (Phi) is 3.44. The third-order valence-electron chi connectivity index (χ3n) is 3.06. The molecular weight excluding hydrogens is 299 g/mol. The first-order chi connectivity index (χ1) is 10.1. The molecule has 1 aromatic carbocycles. The first-order valence-electron chi connectivity index (χ1n) is 6.10. The van der Waals surface area contributed by atoms with Gasteiger partial charge in [-0.2, -0.15) is 0 Å². The minimum absolute atomic E-state index is 0.0577. The summed E-state index contributed by atoms with van der Waals surface area (Å²) < 4.78 is 14.0. The number of aliphatic hydroxyl groups is 1. The summed E-state index contributed by atoms with van der Waals surface area (Å²) in [5.74, 6) is -0.696. The van der Waals surface area contributed by atoms with Gasteiger partial charge in [-0.1, -0.05) is 17.7 Å². The summed E-state index contributed by atoms with van der Waals surface area (Å²) in [6.07, 6.45) is 0. The van der Waals surface area contributed by atoms with Gasteiger partial charge in [-0.05, 0) is 12.1 Å². The number of carbonyl (C=O) groups excluding carboxylic acids is 1. The summed E-state index contributed by atoms with van der Waals surface area (Å²) >= 11 is 6.00. The minimum atomic E-state index is -0.560. The number of aromatic nitrogens is 2. The van der Waals surface area contributed by atoms with Crippen molar-refractivity contribution in [1.82, 2.24) is 15.3 Å². The van der Waals surface area contributed by atoms with Gasteiger partial charge in [-0.25, -0.2) is 14.4 Å². The fraction of sp³-hybridized carbons (Fsp3) is 0.154. The fourth-order valence-corrected chi connectivity index (χ4v) is 2.40. The highest BCUT2D eigenvalue weighted by molar-refractivity contribution is 6.33. The number of anilines is 1. The Bertz CT molecular complexity index is 718. The Labute approximate surface area is 124 Å². The predicted molar refractivity (Wildman–Crippen MR) is 74.3 cm³/mol. The van der Waals surface area contributed by atoms with Gasteiger partial charge in [0, 0.05) is 0 Å². The molecule has 2 heterocycles. The second-order valence-electron chi connectivity index (χ2n) is 4.33. The minimum Gasteiger partial charge on any atom is -0.377 e. The van der Waals surface area contributed by atoms with Gasteiger partial charge in [0.15, 0.2) is 5.82 Å². The maximum Gasteiger partial charge on any atom is 0.257 e. The number of carbonyl (C=O) groups is 1.